The molecule has 0 spiro atoms. The fourth-order valence-electron chi connectivity index (χ4n) is 2.59. The number of ether oxygens (including phenoxy) is 1. The molecule has 6 nitrogen and oxygen atoms in total. The van der Waals surface area contributed by atoms with Crippen molar-refractivity contribution in [3.05, 3.63) is 82.0 Å². The van der Waals surface area contributed by atoms with Crippen LogP contribution in [-0.4, -0.2) is 18.5 Å². The summed E-state index contributed by atoms with van der Waals surface area (Å²) in [4.78, 5) is 24.1. The van der Waals surface area contributed by atoms with Crippen LogP contribution in [0.15, 0.2) is 75.1 Å². The number of nitrogens with zero attached hydrogens (tertiary/aromatic N) is 1. The van der Waals surface area contributed by atoms with Crippen molar-refractivity contribution in [1.29, 1.82) is 5.26 Å². The van der Waals surface area contributed by atoms with Gasteiger partial charge in [0.25, 0.3) is 5.91 Å². The van der Waals surface area contributed by atoms with Gasteiger partial charge in [-0.1, -0.05) is 28.1 Å². The maximum Gasteiger partial charge on any atom is 0.338 e. The largest absolute Gasteiger partial charge is 0.462 e. The summed E-state index contributed by atoms with van der Waals surface area (Å²) in [6.07, 6.45) is 1.38. The summed E-state index contributed by atoms with van der Waals surface area (Å²) in [5.74, 6) is -0.0108. The summed E-state index contributed by atoms with van der Waals surface area (Å²) in [6.45, 7) is 2.06. The maximum absolute atomic E-state index is 12.4. The Bertz CT molecular complexity index is 1120. The average molecular weight is 465 g/mol. The summed E-state index contributed by atoms with van der Waals surface area (Å²) in [5.41, 5.74) is 1.69. The number of hydrogen-bond acceptors (Lipinski definition) is 5. The van der Waals surface area contributed by atoms with Gasteiger partial charge in [-0.15, -0.1) is 0 Å². The first kappa shape index (κ1) is 21.1. The molecule has 0 bridgehead atoms. The number of nitrogens with one attached hydrogen (secondary N) is 1. The second-order valence-corrected chi connectivity index (χ2v) is 7.05. The standard InChI is InChI=1S/C23H17BrN2O4/c1-2-29-23(28)16-5-3-15(4-6-16)21-12-11-20(30-21)13-17(14-25)22(27)26-19-9-7-18(24)8-10-19/h3-13H,2H2,1H3,(H,26,27)/b17-13+. The Morgan fingerprint density at radius 1 is 1.10 bits per heavy atom. The van der Waals surface area contributed by atoms with Gasteiger partial charge in [-0.3, -0.25) is 4.79 Å². The monoisotopic (exact) mass is 464 g/mol. The van der Waals surface area contributed by atoms with E-state index in [9.17, 15) is 14.9 Å². The lowest BCUT2D eigenvalue weighted by Crippen LogP contribution is -2.13. The number of halogens is 1. The minimum absolute atomic E-state index is 0.0866. The lowest BCUT2D eigenvalue weighted by molar-refractivity contribution is -0.112. The average Bonchev–Trinajstić information content (AvgIpc) is 3.22. The van der Waals surface area contributed by atoms with Crippen LogP contribution in [0.4, 0.5) is 5.69 Å². The number of nitriles is 1. The first-order valence-corrected chi connectivity index (χ1v) is 9.85. The summed E-state index contributed by atoms with van der Waals surface area (Å²) in [7, 11) is 0. The summed E-state index contributed by atoms with van der Waals surface area (Å²) >= 11 is 3.33. The minimum atomic E-state index is -0.531. The van der Waals surface area contributed by atoms with Crippen LogP contribution < -0.4 is 5.32 Å². The van der Waals surface area contributed by atoms with Crippen molar-refractivity contribution in [2.75, 3.05) is 11.9 Å². The molecule has 0 radical (unpaired) electrons. The number of esters is 1. The van der Waals surface area contributed by atoms with Crippen LogP contribution in [-0.2, 0) is 9.53 Å². The Morgan fingerprint density at radius 3 is 2.43 bits per heavy atom. The molecule has 3 rings (SSSR count). The van der Waals surface area contributed by atoms with E-state index in [1.165, 1.54) is 6.08 Å². The van der Waals surface area contributed by atoms with E-state index in [0.29, 0.717) is 29.4 Å². The Balaban J connectivity index is 1.74. The van der Waals surface area contributed by atoms with E-state index in [0.717, 1.165) is 10.0 Å². The molecule has 1 heterocycles. The molecular formula is C23H17BrN2O4. The second kappa shape index (κ2) is 9.72. The maximum atomic E-state index is 12.4. The Labute approximate surface area is 181 Å². The van der Waals surface area contributed by atoms with Gasteiger partial charge in [-0.25, -0.2) is 4.79 Å². The van der Waals surface area contributed by atoms with Crippen LogP contribution in [0, 0.1) is 11.3 Å². The number of carbonyl (C=O) groups excluding carboxylic acids is 2. The van der Waals surface area contributed by atoms with E-state index in [-0.39, 0.29) is 11.5 Å². The van der Waals surface area contributed by atoms with E-state index in [1.54, 1.807) is 67.6 Å². The molecule has 150 valence electrons. The smallest absolute Gasteiger partial charge is 0.338 e. The van der Waals surface area contributed by atoms with E-state index in [2.05, 4.69) is 21.2 Å². The molecule has 0 atom stereocenters. The molecule has 30 heavy (non-hydrogen) atoms. The van der Waals surface area contributed by atoms with Gasteiger partial charge in [0.15, 0.2) is 0 Å². The number of benzene rings is 2. The fourth-order valence-corrected chi connectivity index (χ4v) is 2.86. The quantitative estimate of drug-likeness (QED) is 0.298. The number of rotatable bonds is 6. The molecule has 1 aromatic heterocycles. The van der Waals surface area contributed by atoms with Crippen molar-refractivity contribution >= 4 is 39.6 Å². The second-order valence-electron chi connectivity index (χ2n) is 6.13. The molecule has 1 amide bonds. The molecule has 0 aliphatic heterocycles. The van der Waals surface area contributed by atoms with Crippen molar-refractivity contribution < 1.29 is 18.7 Å². The van der Waals surface area contributed by atoms with Gasteiger partial charge in [-0.05, 0) is 55.5 Å². The van der Waals surface area contributed by atoms with Gasteiger partial charge in [-0.2, -0.15) is 5.26 Å². The molecule has 0 fully saturated rings. The molecule has 2 aromatic carbocycles. The SMILES string of the molecule is CCOC(=O)c1ccc(-c2ccc(/C=C(\C#N)C(=O)Nc3ccc(Br)cc3)o2)cc1. The normalized spacial score (nSPS) is 10.9. The van der Waals surface area contributed by atoms with Crippen LogP contribution >= 0.6 is 15.9 Å². The van der Waals surface area contributed by atoms with Gasteiger partial charge >= 0.3 is 5.97 Å². The molecule has 3 aromatic rings. The minimum Gasteiger partial charge on any atom is -0.462 e. The van der Waals surface area contributed by atoms with Crippen LogP contribution in [0.2, 0.25) is 0 Å². The van der Waals surface area contributed by atoms with Gasteiger partial charge in [0.1, 0.15) is 23.2 Å². The van der Waals surface area contributed by atoms with E-state index in [4.69, 9.17) is 9.15 Å². The fraction of sp³-hybridized carbons (Fsp3) is 0.0870. The summed E-state index contributed by atoms with van der Waals surface area (Å²) < 4.78 is 11.6. The molecule has 7 heteroatoms. The lowest BCUT2D eigenvalue weighted by atomic mass is 10.1. The number of hydrogen-bond donors (Lipinski definition) is 1. The van der Waals surface area contributed by atoms with Crippen molar-refractivity contribution in [3.8, 4) is 17.4 Å². The van der Waals surface area contributed by atoms with E-state index in [1.807, 2.05) is 6.07 Å². The van der Waals surface area contributed by atoms with Crippen molar-refractivity contribution in [3.63, 3.8) is 0 Å². The number of carbonyl (C=O) groups is 2. The first-order valence-electron chi connectivity index (χ1n) is 9.06. The highest BCUT2D eigenvalue weighted by Crippen LogP contribution is 2.24. The lowest BCUT2D eigenvalue weighted by Gasteiger charge is -2.04. The zero-order valence-corrected chi connectivity index (χ0v) is 17.6. The zero-order valence-electron chi connectivity index (χ0n) is 16.0. The van der Waals surface area contributed by atoms with Gasteiger partial charge in [0, 0.05) is 21.8 Å². The third kappa shape index (κ3) is 5.25. The van der Waals surface area contributed by atoms with Crippen LogP contribution in [0.1, 0.15) is 23.0 Å². The Morgan fingerprint density at radius 2 is 1.80 bits per heavy atom. The van der Waals surface area contributed by atoms with E-state index < -0.39 is 5.91 Å². The zero-order chi connectivity index (χ0) is 21.5. The molecule has 0 saturated carbocycles. The highest BCUT2D eigenvalue weighted by atomic mass is 79.9. The van der Waals surface area contributed by atoms with Crippen molar-refractivity contribution in [2.24, 2.45) is 0 Å². The molecule has 0 aliphatic carbocycles. The summed E-state index contributed by atoms with van der Waals surface area (Å²) in [5, 5.41) is 12.0. The topological polar surface area (TPSA) is 92.3 Å². The number of furan rings is 1. The van der Waals surface area contributed by atoms with Gasteiger partial charge in [0.05, 0.1) is 12.2 Å². The Kier molecular flexibility index (Phi) is 6.83. The predicted molar refractivity (Wildman–Crippen MR) is 116 cm³/mol. The van der Waals surface area contributed by atoms with Gasteiger partial charge in [0.2, 0.25) is 0 Å². The third-order valence-corrected chi connectivity index (χ3v) is 4.59. The number of amides is 1. The first-order chi connectivity index (χ1) is 14.5. The number of anilines is 1. The van der Waals surface area contributed by atoms with Gasteiger partial charge < -0.3 is 14.5 Å². The molecule has 0 aliphatic rings. The van der Waals surface area contributed by atoms with Crippen LogP contribution in [0.3, 0.4) is 0 Å². The molecule has 0 unspecified atom stereocenters. The molecule has 1 N–H and O–H groups in total. The van der Waals surface area contributed by atoms with Crippen LogP contribution in [0.5, 0.6) is 0 Å². The molecular weight excluding hydrogens is 448 g/mol. The van der Waals surface area contributed by atoms with E-state index >= 15 is 0 Å². The highest BCUT2D eigenvalue weighted by molar-refractivity contribution is 9.10. The Hall–Kier alpha value is -3.63. The molecule has 0 saturated heterocycles. The predicted octanol–water partition coefficient (Wildman–Crippen LogP) is 5.43. The van der Waals surface area contributed by atoms with Crippen molar-refractivity contribution in [1.82, 2.24) is 0 Å². The van der Waals surface area contributed by atoms with Crippen LogP contribution in [0.25, 0.3) is 17.4 Å². The summed E-state index contributed by atoms with van der Waals surface area (Å²) in [6, 6.07) is 19.1. The third-order valence-electron chi connectivity index (χ3n) is 4.06. The highest BCUT2D eigenvalue weighted by Gasteiger charge is 2.12. The van der Waals surface area contributed by atoms with Crippen molar-refractivity contribution in [2.45, 2.75) is 6.92 Å².